The van der Waals surface area contributed by atoms with Crippen LogP contribution in [0.25, 0.3) is 22.3 Å². The summed E-state index contributed by atoms with van der Waals surface area (Å²) in [5.74, 6) is 1.52. The number of nitrogens with zero attached hydrogens (tertiary/aromatic N) is 1. The van der Waals surface area contributed by atoms with E-state index in [0.29, 0.717) is 50.4 Å². The highest BCUT2D eigenvalue weighted by molar-refractivity contribution is 9.10. The molecular formula is C20H19BrN2O5. The van der Waals surface area contributed by atoms with E-state index in [9.17, 15) is 9.59 Å². The standard InChI is InChI=1S/C20H19BrN2O5/c1-5-28-13-7-6-11(10(2)24)8-12(13)19-22-18-16(20(25)23-19)14(26-3)9-15(27-4)17(18)21/h6-9H,5H2,1-4H3,(H,22,23,25). The molecule has 0 aliphatic carbocycles. The van der Waals surface area contributed by atoms with Gasteiger partial charge in [-0.15, -0.1) is 0 Å². The van der Waals surface area contributed by atoms with Crippen molar-refractivity contribution in [2.24, 2.45) is 0 Å². The van der Waals surface area contributed by atoms with E-state index in [4.69, 9.17) is 14.2 Å². The lowest BCUT2D eigenvalue weighted by molar-refractivity contribution is 0.101. The van der Waals surface area contributed by atoms with Gasteiger partial charge in [0.05, 0.1) is 36.4 Å². The molecule has 146 valence electrons. The predicted octanol–water partition coefficient (Wildman–Crippen LogP) is 3.97. The number of rotatable bonds is 6. The molecule has 8 heteroatoms. The fraction of sp³-hybridized carbons (Fsp3) is 0.250. The average Bonchev–Trinajstić information content (AvgIpc) is 2.68. The monoisotopic (exact) mass is 446 g/mol. The second-order valence-electron chi connectivity index (χ2n) is 5.93. The third-order valence-electron chi connectivity index (χ3n) is 4.23. The smallest absolute Gasteiger partial charge is 0.262 e. The molecule has 2 aromatic carbocycles. The number of hydrogen-bond acceptors (Lipinski definition) is 6. The van der Waals surface area contributed by atoms with E-state index < -0.39 is 0 Å². The SMILES string of the molecule is CCOc1ccc(C(C)=O)cc1-c1nc2c(Br)c(OC)cc(OC)c2c(=O)[nH]1. The number of aromatic nitrogens is 2. The number of carbonyl (C=O) groups excluding carboxylic acids is 1. The van der Waals surface area contributed by atoms with Crippen LogP contribution in [0.4, 0.5) is 0 Å². The van der Waals surface area contributed by atoms with Crippen molar-refractivity contribution in [1.82, 2.24) is 9.97 Å². The first-order chi connectivity index (χ1) is 13.4. The summed E-state index contributed by atoms with van der Waals surface area (Å²) >= 11 is 3.45. The Balaban J connectivity index is 2.36. The summed E-state index contributed by atoms with van der Waals surface area (Å²) in [7, 11) is 2.99. The van der Waals surface area contributed by atoms with E-state index in [1.807, 2.05) is 6.92 Å². The van der Waals surface area contributed by atoms with Crippen molar-refractivity contribution >= 4 is 32.6 Å². The maximum Gasteiger partial charge on any atom is 0.262 e. The van der Waals surface area contributed by atoms with Gasteiger partial charge < -0.3 is 19.2 Å². The Labute approximate surface area is 169 Å². The maximum absolute atomic E-state index is 12.8. The van der Waals surface area contributed by atoms with Crippen LogP contribution in [-0.4, -0.2) is 36.6 Å². The first-order valence-electron chi connectivity index (χ1n) is 8.53. The minimum Gasteiger partial charge on any atom is -0.496 e. The van der Waals surface area contributed by atoms with Crippen LogP contribution in [0.5, 0.6) is 17.2 Å². The summed E-state index contributed by atoms with van der Waals surface area (Å²) in [4.78, 5) is 32.1. The van der Waals surface area contributed by atoms with Gasteiger partial charge in [0.25, 0.3) is 5.56 Å². The minimum atomic E-state index is -0.379. The third-order valence-corrected chi connectivity index (χ3v) is 5.00. The lowest BCUT2D eigenvalue weighted by Crippen LogP contribution is -2.12. The Morgan fingerprint density at radius 3 is 2.46 bits per heavy atom. The molecule has 0 saturated heterocycles. The van der Waals surface area contributed by atoms with Gasteiger partial charge in [-0.3, -0.25) is 9.59 Å². The highest BCUT2D eigenvalue weighted by atomic mass is 79.9. The van der Waals surface area contributed by atoms with Crippen molar-refractivity contribution in [1.29, 1.82) is 0 Å². The molecule has 1 N–H and O–H groups in total. The number of ether oxygens (including phenoxy) is 3. The number of halogens is 1. The van der Waals surface area contributed by atoms with Crippen molar-refractivity contribution in [3.05, 3.63) is 44.7 Å². The lowest BCUT2D eigenvalue weighted by atomic mass is 10.1. The van der Waals surface area contributed by atoms with Crippen LogP contribution < -0.4 is 19.8 Å². The number of H-pyrrole nitrogens is 1. The van der Waals surface area contributed by atoms with Gasteiger partial charge in [0, 0.05) is 11.6 Å². The molecule has 0 radical (unpaired) electrons. The first kappa shape index (κ1) is 19.9. The zero-order valence-corrected chi connectivity index (χ0v) is 17.5. The highest BCUT2D eigenvalue weighted by Crippen LogP contribution is 2.38. The fourth-order valence-corrected chi connectivity index (χ4v) is 3.45. The van der Waals surface area contributed by atoms with E-state index in [-0.39, 0.29) is 17.2 Å². The van der Waals surface area contributed by atoms with Gasteiger partial charge in [0.15, 0.2) is 5.78 Å². The molecule has 1 heterocycles. The summed E-state index contributed by atoms with van der Waals surface area (Å²) in [6, 6.07) is 6.65. The number of aromatic amines is 1. The molecule has 3 aromatic rings. The summed E-state index contributed by atoms with van der Waals surface area (Å²) in [5, 5.41) is 0.291. The van der Waals surface area contributed by atoms with Gasteiger partial charge in [0.2, 0.25) is 0 Å². The summed E-state index contributed by atoms with van der Waals surface area (Å²) in [6.07, 6.45) is 0. The number of fused-ring (bicyclic) bond motifs is 1. The predicted molar refractivity (Wildman–Crippen MR) is 110 cm³/mol. The zero-order valence-electron chi connectivity index (χ0n) is 15.9. The molecule has 0 fully saturated rings. The topological polar surface area (TPSA) is 90.5 Å². The number of Topliss-reactive ketones (excluding diaryl/α,β-unsaturated/α-hetero) is 1. The van der Waals surface area contributed by atoms with E-state index >= 15 is 0 Å². The molecule has 0 amide bonds. The van der Waals surface area contributed by atoms with Crippen LogP contribution in [0.15, 0.2) is 33.5 Å². The van der Waals surface area contributed by atoms with Gasteiger partial charge in [-0.2, -0.15) is 0 Å². The molecule has 0 aliphatic heterocycles. The molecule has 28 heavy (non-hydrogen) atoms. The number of hydrogen-bond donors (Lipinski definition) is 1. The zero-order chi connectivity index (χ0) is 20.4. The summed E-state index contributed by atoms with van der Waals surface area (Å²) in [5.41, 5.74) is 1.01. The van der Waals surface area contributed by atoms with Crippen molar-refractivity contribution in [2.75, 3.05) is 20.8 Å². The molecule has 0 unspecified atom stereocenters. The summed E-state index contributed by atoms with van der Waals surface area (Å²) in [6.45, 7) is 3.75. The second kappa shape index (κ2) is 8.02. The first-order valence-corrected chi connectivity index (χ1v) is 9.33. The molecule has 0 atom stereocenters. The van der Waals surface area contributed by atoms with Crippen molar-refractivity contribution in [3.63, 3.8) is 0 Å². The number of ketones is 1. The molecule has 0 saturated carbocycles. The minimum absolute atomic E-state index is 0.100. The Bertz CT molecular complexity index is 1120. The Morgan fingerprint density at radius 1 is 1.14 bits per heavy atom. The molecular weight excluding hydrogens is 428 g/mol. The van der Waals surface area contributed by atoms with Crippen LogP contribution in [0, 0.1) is 0 Å². The van der Waals surface area contributed by atoms with Crippen LogP contribution in [0.2, 0.25) is 0 Å². The maximum atomic E-state index is 12.8. The molecule has 0 bridgehead atoms. The Morgan fingerprint density at radius 2 is 1.86 bits per heavy atom. The molecule has 7 nitrogen and oxygen atoms in total. The number of benzene rings is 2. The number of carbonyl (C=O) groups is 1. The van der Waals surface area contributed by atoms with Gasteiger partial charge in [-0.25, -0.2) is 4.98 Å². The van der Waals surface area contributed by atoms with Crippen molar-refractivity contribution in [2.45, 2.75) is 13.8 Å². The third kappa shape index (κ3) is 3.47. The second-order valence-corrected chi connectivity index (χ2v) is 6.73. The lowest BCUT2D eigenvalue weighted by Gasteiger charge is -2.14. The fourth-order valence-electron chi connectivity index (χ4n) is 2.88. The quantitative estimate of drug-likeness (QED) is 0.576. The van der Waals surface area contributed by atoms with Crippen LogP contribution in [0.1, 0.15) is 24.2 Å². The van der Waals surface area contributed by atoms with E-state index in [1.165, 1.54) is 21.1 Å². The van der Waals surface area contributed by atoms with Crippen molar-refractivity contribution < 1.29 is 19.0 Å². The van der Waals surface area contributed by atoms with Crippen LogP contribution >= 0.6 is 15.9 Å². The van der Waals surface area contributed by atoms with Crippen LogP contribution in [-0.2, 0) is 0 Å². The highest BCUT2D eigenvalue weighted by Gasteiger charge is 2.19. The largest absolute Gasteiger partial charge is 0.496 e. The van der Waals surface area contributed by atoms with E-state index in [0.717, 1.165) is 0 Å². The Kier molecular flexibility index (Phi) is 5.69. The number of nitrogens with one attached hydrogen (secondary N) is 1. The van der Waals surface area contributed by atoms with Gasteiger partial charge in [0.1, 0.15) is 28.5 Å². The van der Waals surface area contributed by atoms with Crippen LogP contribution in [0.3, 0.4) is 0 Å². The molecule has 0 aliphatic rings. The normalized spacial score (nSPS) is 10.8. The number of methoxy groups -OCH3 is 2. The van der Waals surface area contributed by atoms with E-state index in [2.05, 4.69) is 25.9 Å². The average molecular weight is 447 g/mol. The Hall–Kier alpha value is -2.87. The van der Waals surface area contributed by atoms with Gasteiger partial charge >= 0.3 is 0 Å². The van der Waals surface area contributed by atoms with Gasteiger partial charge in [-0.05, 0) is 48.0 Å². The molecule has 3 rings (SSSR count). The molecule has 0 spiro atoms. The summed E-state index contributed by atoms with van der Waals surface area (Å²) < 4.78 is 16.9. The van der Waals surface area contributed by atoms with Crippen molar-refractivity contribution in [3.8, 4) is 28.6 Å². The van der Waals surface area contributed by atoms with E-state index in [1.54, 1.807) is 24.3 Å². The molecule has 1 aromatic heterocycles. The van der Waals surface area contributed by atoms with Gasteiger partial charge in [-0.1, -0.05) is 0 Å².